The number of nitriles is 1. The Bertz CT molecular complexity index is 443. The van der Waals surface area contributed by atoms with Crippen molar-refractivity contribution in [2.24, 2.45) is 5.73 Å². The summed E-state index contributed by atoms with van der Waals surface area (Å²) in [6.45, 7) is 3.85. The van der Waals surface area contributed by atoms with Gasteiger partial charge in [0.2, 0.25) is 0 Å². The predicted molar refractivity (Wildman–Crippen MR) is 78.4 cm³/mol. The topological polar surface area (TPSA) is 62.3 Å². The van der Waals surface area contributed by atoms with Gasteiger partial charge in [-0.25, -0.2) is 0 Å². The molecular formula is C14H20ClN3O. The first kappa shape index (κ1) is 15.8. The van der Waals surface area contributed by atoms with E-state index < -0.39 is 0 Å². The van der Waals surface area contributed by atoms with Crippen LogP contribution in [0.4, 0.5) is 5.69 Å². The summed E-state index contributed by atoms with van der Waals surface area (Å²) >= 11 is 6.31. The summed E-state index contributed by atoms with van der Waals surface area (Å²) in [6, 6.07) is 7.91. The number of nitrogens with zero attached hydrogens (tertiary/aromatic N) is 2. The van der Waals surface area contributed by atoms with Crippen molar-refractivity contribution in [3.63, 3.8) is 0 Å². The first-order valence-corrected chi connectivity index (χ1v) is 6.63. The molecule has 2 N–H and O–H groups in total. The molecule has 0 amide bonds. The molecule has 0 unspecified atom stereocenters. The van der Waals surface area contributed by atoms with Gasteiger partial charge in [0.05, 0.1) is 29.8 Å². The monoisotopic (exact) mass is 281 g/mol. The van der Waals surface area contributed by atoms with Crippen LogP contribution < -0.4 is 10.6 Å². The molecule has 1 atom stereocenters. The van der Waals surface area contributed by atoms with Crippen molar-refractivity contribution in [3.05, 3.63) is 28.8 Å². The summed E-state index contributed by atoms with van der Waals surface area (Å²) in [5, 5.41) is 9.37. The first-order valence-electron chi connectivity index (χ1n) is 6.26. The number of nitrogens with two attached hydrogens (primary N) is 1. The van der Waals surface area contributed by atoms with Crippen LogP contribution in [0.25, 0.3) is 0 Å². The van der Waals surface area contributed by atoms with Gasteiger partial charge >= 0.3 is 0 Å². The molecule has 1 aromatic carbocycles. The van der Waals surface area contributed by atoms with Crippen LogP contribution in [0.15, 0.2) is 18.2 Å². The Hall–Kier alpha value is -1.28. The highest BCUT2D eigenvalue weighted by atomic mass is 35.5. The second-order valence-corrected chi connectivity index (χ2v) is 4.79. The molecule has 0 aliphatic heterocycles. The van der Waals surface area contributed by atoms with Crippen LogP contribution in [-0.2, 0) is 4.74 Å². The molecule has 0 bridgehead atoms. The van der Waals surface area contributed by atoms with Gasteiger partial charge in [-0.2, -0.15) is 5.26 Å². The van der Waals surface area contributed by atoms with Gasteiger partial charge in [0.1, 0.15) is 0 Å². The molecule has 0 spiro atoms. The summed E-state index contributed by atoms with van der Waals surface area (Å²) < 4.78 is 5.09. The third kappa shape index (κ3) is 4.71. The molecule has 4 nitrogen and oxygen atoms in total. The van der Waals surface area contributed by atoms with Crippen molar-refractivity contribution in [3.8, 4) is 6.07 Å². The van der Waals surface area contributed by atoms with Gasteiger partial charge in [-0.15, -0.1) is 0 Å². The maximum atomic E-state index is 8.72. The van der Waals surface area contributed by atoms with E-state index >= 15 is 0 Å². The smallest absolute Gasteiger partial charge is 0.0642 e. The lowest BCUT2D eigenvalue weighted by atomic mass is 10.1. The molecule has 0 radical (unpaired) electrons. The fourth-order valence-corrected chi connectivity index (χ4v) is 2.11. The summed E-state index contributed by atoms with van der Waals surface area (Å²) in [4.78, 5) is 2.06. The number of benzene rings is 1. The van der Waals surface area contributed by atoms with Gasteiger partial charge in [0.25, 0.3) is 0 Å². The van der Waals surface area contributed by atoms with Gasteiger partial charge in [0, 0.05) is 26.2 Å². The van der Waals surface area contributed by atoms with Crippen LogP contribution in [0.3, 0.4) is 0 Å². The fourth-order valence-electron chi connectivity index (χ4n) is 1.80. The lowest BCUT2D eigenvalue weighted by Gasteiger charge is -2.25. The number of hydrogen-bond acceptors (Lipinski definition) is 4. The predicted octanol–water partition coefficient (Wildman–Crippen LogP) is 2.73. The third-order valence-corrected chi connectivity index (χ3v) is 3.20. The fraction of sp³-hybridized carbons (Fsp3) is 0.500. The zero-order valence-corrected chi connectivity index (χ0v) is 12.2. The van der Waals surface area contributed by atoms with E-state index in [1.807, 2.05) is 25.1 Å². The summed E-state index contributed by atoms with van der Waals surface area (Å²) in [5.74, 6) is 0. The SMILES string of the molecule is COCCN(CCC#N)c1ccc([C@H](C)N)cc1Cl. The number of rotatable bonds is 7. The van der Waals surface area contributed by atoms with E-state index in [1.165, 1.54) is 0 Å². The number of anilines is 1. The van der Waals surface area contributed by atoms with E-state index in [0.29, 0.717) is 31.1 Å². The second kappa shape index (κ2) is 8.00. The quantitative estimate of drug-likeness (QED) is 0.835. The Morgan fingerprint density at radius 3 is 2.74 bits per heavy atom. The highest BCUT2D eigenvalue weighted by molar-refractivity contribution is 6.33. The van der Waals surface area contributed by atoms with Crippen molar-refractivity contribution < 1.29 is 4.74 Å². The molecule has 1 rings (SSSR count). The molecule has 0 heterocycles. The van der Waals surface area contributed by atoms with Gasteiger partial charge in [-0.1, -0.05) is 17.7 Å². The van der Waals surface area contributed by atoms with Crippen molar-refractivity contribution in [2.45, 2.75) is 19.4 Å². The molecule has 19 heavy (non-hydrogen) atoms. The first-order chi connectivity index (χ1) is 9.10. The van der Waals surface area contributed by atoms with Crippen LogP contribution in [0.5, 0.6) is 0 Å². The van der Waals surface area contributed by atoms with Crippen LogP contribution >= 0.6 is 11.6 Å². The molecule has 0 saturated heterocycles. The number of ether oxygens (including phenoxy) is 1. The highest BCUT2D eigenvalue weighted by Crippen LogP contribution is 2.28. The third-order valence-electron chi connectivity index (χ3n) is 2.90. The van der Waals surface area contributed by atoms with Crippen LogP contribution in [-0.4, -0.2) is 26.8 Å². The number of halogens is 1. The van der Waals surface area contributed by atoms with Gasteiger partial charge in [-0.05, 0) is 24.6 Å². The van der Waals surface area contributed by atoms with E-state index in [4.69, 9.17) is 27.3 Å². The minimum absolute atomic E-state index is 0.0434. The molecule has 0 aromatic heterocycles. The maximum absolute atomic E-state index is 8.72. The average Bonchev–Trinajstić information content (AvgIpc) is 2.39. The maximum Gasteiger partial charge on any atom is 0.0642 e. The Morgan fingerprint density at radius 1 is 1.47 bits per heavy atom. The average molecular weight is 282 g/mol. The zero-order chi connectivity index (χ0) is 14.3. The minimum atomic E-state index is -0.0434. The Kier molecular flexibility index (Phi) is 6.65. The molecular weight excluding hydrogens is 262 g/mol. The lowest BCUT2D eigenvalue weighted by molar-refractivity contribution is 0.205. The highest BCUT2D eigenvalue weighted by Gasteiger charge is 2.11. The Morgan fingerprint density at radius 2 is 2.21 bits per heavy atom. The normalized spacial score (nSPS) is 11.9. The summed E-state index contributed by atoms with van der Waals surface area (Å²) in [6.07, 6.45) is 0.453. The molecule has 1 aromatic rings. The summed E-state index contributed by atoms with van der Waals surface area (Å²) in [5.41, 5.74) is 7.75. The van der Waals surface area contributed by atoms with Crippen molar-refractivity contribution >= 4 is 17.3 Å². The van der Waals surface area contributed by atoms with E-state index in [9.17, 15) is 0 Å². The van der Waals surface area contributed by atoms with Crippen LogP contribution in [0, 0.1) is 11.3 Å². The van der Waals surface area contributed by atoms with E-state index in [0.717, 1.165) is 11.3 Å². The second-order valence-electron chi connectivity index (χ2n) is 4.39. The Labute approximate surface area is 119 Å². The van der Waals surface area contributed by atoms with E-state index in [1.54, 1.807) is 7.11 Å². The van der Waals surface area contributed by atoms with Crippen LogP contribution in [0.2, 0.25) is 5.02 Å². The summed E-state index contributed by atoms with van der Waals surface area (Å²) in [7, 11) is 1.66. The molecule has 0 saturated carbocycles. The molecule has 0 aliphatic rings. The van der Waals surface area contributed by atoms with E-state index in [-0.39, 0.29) is 6.04 Å². The van der Waals surface area contributed by atoms with E-state index in [2.05, 4.69) is 11.0 Å². The zero-order valence-electron chi connectivity index (χ0n) is 11.4. The molecule has 0 aliphatic carbocycles. The molecule has 5 heteroatoms. The van der Waals surface area contributed by atoms with Crippen molar-refractivity contribution in [1.29, 1.82) is 5.26 Å². The Balaban J connectivity index is 2.91. The standard InChI is InChI=1S/C14H20ClN3O/c1-11(17)12-4-5-14(13(15)10-12)18(7-3-6-16)8-9-19-2/h4-5,10-11H,3,7-9,17H2,1-2H3/t11-/m0/s1. The van der Waals surface area contributed by atoms with Gasteiger partial charge in [0.15, 0.2) is 0 Å². The van der Waals surface area contributed by atoms with Gasteiger partial charge < -0.3 is 15.4 Å². The number of methoxy groups -OCH3 is 1. The molecule has 0 fully saturated rings. The minimum Gasteiger partial charge on any atom is -0.383 e. The van der Waals surface area contributed by atoms with Crippen LogP contribution in [0.1, 0.15) is 24.9 Å². The largest absolute Gasteiger partial charge is 0.383 e. The van der Waals surface area contributed by atoms with Crippen molar-refractivity contribution in [1.82, 2.24) is 0 Å². The van der Waals surface area contributed by atoms with Crippen molar-refractivity contribution in [2.75, 3.05) is 31.7 Å². The molecule has 104 valence electrons. The van der Waals surface area contributed by atoms with Gasteiger partial charge in [-0.3, -0.25) is 0 Å². The number of hydrogen-bond donors (Lipinski definition) is 1. The lowest BCUT2D eigenvalue weighted by Crippen LogP contribution is -2.28.